The molecule has 128 valence electrons. The van der Waals surface area contributed by atoms with Crippen molar-refractivity contribution in [3.8, 4) is 0 Å². The molecule has 1 unspecified atom stereocenters. The minimum absolute atomic E-state index is 0.0187. The molecule has 1 aromatic carbocycles. The van der Waals surface area contributed by atoms with Gasteiger partial charge in [-0.25, -0.2) is 4.98 Å². The third-order valence-corrected chi connectivity index (χ3v) is 6.01. The van der Waals surface area contributed by atoms with E-state index in [0.29, 0.717) is 12.1 Å². The van der Waals surface area contributed by atoms with Gasteiger partial charge in [0.2, 0.25) is 0 Å². The molecular weight excluding hydrogens is 340 g/mol. The summed E-state index contributed by atoms with van der Waals surface area (Å²) in [6, 6.07) is 7.77. The van der Waals surface area contributed by atoms with Crippen LogP contribution in [-0.4, -0.2) is 30.6 Å². The number of nitrogens with one attached hydrogen (secondary N) is 1. The zero-order valence-corrected chi connectivity index (χ0v) is 15.6. The van der Waals surface area contributed by atoms with E-state index in [4.69, 9.17) is 4.74 Å². The molecule has 0 saturated carbocycles. The van der Waals surface area contributed by atoms with Gasteiger partial charge in [0.25, 0.3) is 5.91 Å². The Labute approximate surface area is 151 Å². The van der Waals surface area contributed by atoms with Gasteiger partial charge in [0.1, 0.15) is 0 Å². The van der Waals surface area contributed by atoms with Gasteiger partial charge >= 0.3 is 0 Å². The van der Waals surface area contributed by atoms with Gasteiger partial charge in [0.15, 0.2) is 0 Å². The molecule has 2 aromatic rings. The van der Waals surface area contributed by atoms with Gasteiger partial charge in [-0.1, -0.05) is 6.92 Å². The highest BCUT2D eigenvalue weighted by Gasteiger charge is 2.30. The molecule has 1 atom stereocenters. The molecule has 3 rings (SSSR count). The van der Waals surface area contributed by atoms with Gasteiger partial charge in [0.05, 0.1) is 17.3 Å². The van der Waals surface area contributed by atoms with Crippen LogP contribution in [0.25, 0.3) is 0 Å². The van der Waals surface area contributed by atoms with Crippen LogP contribution in [0.5, 0.6) is 0 Å². The Balaban J connectivity index is 1.50. The maximum Gasteiger partial charge on any atom is 0.251 e. The van der Waals surface area contributed by atoms with Gasteiger partial charge in [-0.2, -0.15) is 0 Å². The molecule has 1 aliphatic rings. The average Bonchev–Trinajstić information content (AvgIpc) is 3.20. The first-order valence-electron chi connectivity index (χ1n) is 8.04. The van der Waals surface area contributed by atoms with Crippen LogP contribution in [-0.2, 0) is 10.5 Å². The van der Waals surface area contributed by atoms with Crippen molar-refractivity contribution in [3.63, 3.8) is 0 Å². The number of carbonyl (C=O) groups excluding carboxylic acids is 1. The molecule has 1 amide bonds. The lowest BCUT2D eigenvalue weighted by molar-refractivity contribution is 0.0925. The van der Waals surface area contributed by atoms with Gasteiger partial charge in [-0.05, 0) is 37.6 Å². The lowest BCUT2D eigenvalue weighted by atomic mass is 9.90. The number of ether oxygens (including phenoxy) is 1. The Kier molecular flexibility index (Phi) is 5.58. The number of aryl methyl sites for hydroxylation is 1. The molecule has 1 N–H and O–H groups in total. The topological polar surface area (TPSA) is 51.2 Å². The molecule has 1 fully saturated rings. The molecular formula is C18H22N2O2S2. The summed E-state index contributed by atoms with van der Waals surface area (Å²) in [6.07, 6.45) is 0.999. The molecule has 1 saturated heterocycles. The monoisotopic (exact) mass is 362 g/mol. The minimum Gasteiger partial charge on any atom is -0.381 e. The normalized spacial score (nSPS) is 20.2. The maximum atomic E-state index is 12.3. The number of carbonyl (C=O) groups is 1. The SMILES string of the molecule is Cc1nc(CSc2ccc(C(=O)NCC3(C)CCOC3)cc2)cs1. The van der Waals surface area contributed by atoms with E-state index < -0.39 is 0 Å². The molecule has 1 aliphatic heterocycles. The summed E-state index contributed by atoms with van der Waals surface area (Å²) < 4.78 is 5.42. The van der Waals surface area contributed by atoms with E-state index in [1.807, 2.05) is 31.2 Å². The number of aromatic nitrogens is 1. The number of rotatable bonds is 6. The quantitative estimate of drug-likeness (QED) is 0.792. The first-order chi connectivity index (χ1) is 11.5. The number of thioether (sulfide) groups is 1. The van der Waals surface area contributed by atoms with Gasteiger partial charge in [-0.3, -0.25) is 4.79 Å². The van der Waals surface area contributed by atoms with Crippen LogP contribution in [0.15, 0.2) is 34.5 Å². The Morgan fingerprint density at radius 2 is 2.21 bits per heavy atom. The largest absolute Gasteiger partial charge is 0.381 e. The van der Waals surface area contributed by atoms with Crippen LogP contribution in [0, 0.1) is 12.3 Å². The lowest BCUT2D eigenvalue weighted by Gasteiger charge is -2.21. The molecule has 1 aromatic heterocycles. The molecule has 2 heterocycles. The van der Waals surface area contributed by atoms with Crippen LogP contribution < -0.4 is 5.32 Å². The van der Waals surface area contributed by atoms with Crippen molar-refractivity contribution >= 4 is 29.0 Å². The van der Waals surface area contributed by atoms with Gasteiger partial charge < -0.3 is 10.1 Å². The van der Waals surface area contributed by atoms with E-state index in [-0.39, 0.29) is 11.3 Å². The van der Waals surface area contributed by atoms with Crippen molar-refractivity contribution in [3.05, 3.63) is 45.9 Å². The number of amides is 1. The fourth-order valence-corrected chi connectivity index (χ4v) is 4.09. The average molecular weight is 363 g/mol. The summed E-state index contributed by atoms with van der Waals surface area (Å²) in [6.45, 7) is 6.34. The number of hydrogen-bond acceptors (Lipinski definition) is 5. The number of hydrogen-bond donors (Lipinski definition) is 1. The standard InChI is InChI=1S/C18H22N2O2S2/c1-13-20-15(9-23-13)10-24-16-5-3-14(4-6-16)17(21)19-11-18(2)7-8-22-12-18/h3-6,9H,7-8,10-12H2,1-2H3,(H,19,21). The molecule has 0 radical (unpaired) electrons. The highest BCUT2D eigenvalue weighted by atomic mass is 32.2. The minimum atomic E-state index is -0.0187. The lowest BCUT2D eigenvalue weighted by Crippen LogP contribution is -2.36. The fourth-order valence-electron chi connectivity index (χ4n) is 2.58. The summed E-state index contributed by atoms with van der Waals surface area (Å²) in [5.41, 5.74) is 1.87. The predicted molar refractivity (Wildman–Crippen MR) is 98.7 cm³/mol. The van der Waals surface area contributed by atoms with E-state index in [1.54, 1.807) is 23.1 Å². The first kappa shape index (κ1) is 17.5. The second kappa shape index (κ2) is 7.68. The molecule has 6 heteroatoms. The van der Waals surface area contributed by atoms with Crippen molar-refractivity contribution in [2.45, 2.75) is 30.9 Å². The van der Waals surface area contributed by atoms with Crippen molar-refractivity contribution in [1.29, 1.82) is 0 Å². The fraction of sp³-hybridized carbons (Fsp3) is 0.444. The highest BCUT2D eigenvalue weighted by Crippen LogP contribution is 2.27. The molecule has 0 aliphatic carbocycles. The highest BCUT2D eigenvalue weighted by molar-refractivity contribution is 7.98. The summed E-state index contributed by atoms with van der Waals surface area (Å²) in [7, 11) is 0. The summed E-state index contributed by atoms with van der Waals surface area (Å²) in [4.78, 5) is 17.9. The van der Waals surface area contributed by atoms with Gasteiger partial charge in [0, 0.05) is 40.2 Å². The Hall–Kier alpha value is -1.37. The van der Waals surface area contributed by atoms with E-state index >= 15 is 0 Å². The van der Waals surface area contributed by atoms with Crippen molar-refractivity contribution < 1.29 is 9.53 Å². The van der Waals surface area contributed by atoms with Crippen molar-refractivity contribution in [1.82, 2.24) is 10.3 Å². The first-order valence-corrected chi connectivity index (χ1v) is 9.90. The molecule has 0 bridgehead atoms. The summed E-state index contributed by atoms with van der Waals surface area (Å²) in [5.74, 6) is 0.837. The molecule has 0 spiro atoms. The second-order valence-electron chi connectivity index (χ2n) is 6.47. The smallest absolute Gasteiger partial charge is 0.251 e. The maximum absolute atomic E-state index is 12.3. The zero-order chi connectivity index (χ0) is 17.0. The zero-order valence-electron chi connectivity index (χ0n) is 14.0. The van der Waals surface area contributed by atoms with E-state index in [0.717, 1.165) is 41.0 Å². The van der Waals surface area contributed by atoms with Crippen LogP contribution in [0.3, 0.4) is 0 Å². The Morgan fingerprint density at radius 3 is 2.83 bits per heavy atom. The van der Waals surface area contributed by atoms with Crippen LogP contribution in [0.4, 0.5) is 0 Å². The van der Waals surface area contributed by atoms with Crippen LogP contribution >= 0.6 is 23.1 Å². The molecule has 24 heavy (non-hydrogen) atoms. The summed E-state index contributed by atoms with van der Waals surface area (Å²) >= 11 is 3.41. The van der Waals surface area contributed by atoms with Crippen molar-refractivity contribution in [2.24, 2.45) is 5.41 Å². The Bertz CT molecular complexity index is 691. The molecule has 4 nitrogen and oxygen atoms in total. The van der Waals surface area contributed by atoms with Gasteiger partial charge in [-0.15, -0.1) is 23.1 Å². The predicted octanol–water partition coefficient (Wildman–Crippen LogP) is 3.90. The number of thiazole rings is 1. The Morgan fingerprint density at radius 1 is 1.42 bits per heavy atom. The number of benzene rings is 1. The van der Waals surface area contributed by atoms with Crippen LogP contribution in [0.1, 0.15) is 34.4 Å². The van der Waals surface area contributed by atoms with Crippen LogP contribution in [0.2, 0.25) is 0 Å². The third-order valence-electron chi connectivity index (χ3n) is 4.15. The number of nitrogens with zero attached hydrogens (tertiary/aromatic N) is 1. The van der Waals surface area contributed by atoms with Crippen molar-refractivity contribution in [2.75, 3.05) is 19.8 Å². The van der Waals surface area contributed by atoms with E-state index in [2.05, 4.69) is 22.6 Å². The van der Waals surface area contributed by atoms with E-state index in [1.165, 1.54) is 0 Å². The van der Waals surface area contributed by atoms with E-state index in [9.17, 15) is 4.79 Å². The second-order valence-corrected chi connectivity index (χ2v) is 8.58. The summed E-state index contributed by atoms with van der Waals surface area (Å²) in [5, 5.41) is 6.22. The third kappa shape index (κ3) is 4.59.